The summed E-state index contributed by atoms with van der Waals surface area (Å²) < 4.78 is 0. The van der Waals surface area contributed by atoms with Crippen molar-refractivity contribution in [3.63, 3.8) is 0 Å². The fraction of sp³-hybridized carbons (Fsp3) is 0.438. The molecule has 0 radical (unpaired) electrons. The Morgan fingerprint density at radius 3 is 2.62 bits per heavy atom. The van der Waals surface area contributed by atoms with Crippen molar-refractivity contribution in [1.82, 2.24) is 10.3 Å². The number of benzene rings is 1. The molecule has 0 aliphatic carbocycles. The number of hydrogen-bond acceptors (Lipinski definition) is 3. The maximum absolute atomic E-state index is 6.44. The third-order valence-corrected chi connectivity index (χ3v) is 4.48. The predicted octanol–water partition coefficient (Wildman–Crippen LogP) is 3.90. The minimum absolute atomic E-state index is 0.670. The number of aromatic nitrogens is 1. The number of hydrogen-bond donors (Lipinski definition) is 1. The van der Waals surface area contributed by atoms with E-state index in [9.17, 15) is 0 Å². The van der Waals surface area contributed by atoms with Crippen LogP contribution in [0.5, 0.6) is 0 Å². The molecule has 2 aromatic rings. The summed E-state index contributed by atoms with van der Waals surface area (Å²) in [4.78, 5) is 7.10. The zero-order chi connectivity index (χ0) is 14.8. The van der Waals surface area contributed by atoms with Crippen LogP contribution in [-0.4, -0.2) is 31.2 Å². The molecule has 0 amide bonds. The Balaban J connectivity index is 2.21. The van der Waals surface area contributed by atoms with E-state index in [0.29, 0.717) is 5.02 Å². The topological polar surface area (TPSA) is 28.2 Å². The highest BCUT2D eigenvalue weighted by Gasteiger charge is 2.18. The molecular formula is C16H19Cl2N3. The number of nitrogens with one attached hydrogen (secondary N) is 1. The summed E-state index contributed by atoms with van der Waals surface area (Å²) >= 11 is 12.8. The van der Waals surface area contributed by atoms with Crippen LogP contribution in [0.3, 0.4) is 0 Å². The fourth-order valence-corrected chi connectivity index (χ4v) is 3.29. The van der Waals surface area contributed by atoms with Crippen molar-refractivity contribution in [2.45, 2.75) is 19.8 Å². The number of aryl methyl sites for hydroxylation is 1. The van der Waals surface area contributed by atoms with Crippen molar-refractivity contribution < 1.29 is 0 Å². The first-order valence-electron chi connectivity index (χ1n) is 7.44. The van der Waals surface area contributed by atoms with Gasteiger partial charge in [-0.15, -0.1) is 0 Å². The van der Waals surface area contributed by atoms with Crippen molar-refractivity contribution in [2.75, 3.05) is 31.1 Å². The van der Waals surface area contributed by atoms with Crippen LogP contribution in [0.25, 0.3) is 10.9 Å². The summed E-state index contributed by atoms with van der Waals surface area (Å²) in [5.41, 5.74) is 3.07. The Bertz CT molecular complexity index is 652. The molecule has 2 heterocycles. The van der Waals surface area contributed by atoms with E-state index < -0.39 is 0 Å². The second-order valence-corrected chi connectivity index (χ2v) is 6.19. The van der Waals surface area contributed by atoms with Gasteiger partial charge < -0.3 is 10.2 Å². The summed E-state index contributed by atoms with van der Waals surface area (Å²) in [5.74, 6) is 0. The predicted molar refractivity (Wildman–Crippen MR) is 90.8 cm³/mol. The van der Waals surface area contributed by atoms with E-state index >= 15 is 0 Å². The van der Waals surface area contributed by atoms with Crippen molar-refractivity contribution in [3.8, 4) is 0 Å². The van der Waals surface area contributed by atoms with Gasteiger partial charge in [-0.25, -0.2) is 0 Å². The second kappa shape index (κ2) is 6.39. The maximum Gasteiger partial charge on any atom is 0.0927 e. The molecule has 1 aliphatic rings. The first-order valence-corrected chi connectivity index (χ1v) is 8.19. The van der Waals surface area contributed by atoms with Gasteiger partial charge in [0.25, 0.3) is 0 Å². The molecule has 1 saturated heterocycles. The second-order valence-electron chi connectivity index (χ2n) is 5.37. The summed E-state index contributed by atoms with van der Waals surface area (Å²) in [7, 11) is 0. The molecule has 3 rings (SSSR count). The molecule has 0 atom stereocenters. The van der Waals surface area contributed by atoms with Gasteiger partial charge in [-0.3, -0.25) is 4.98 Å². The van der Waals surface area contributed by atoms with Crippen LogP contribution in [0.2, 0.25) is 10.0 Å². The van der Waals surface area contributed by atoms with Crippen LogP contribution < -0.4 is 10.2 Å². The normalized spacial score (nSPS) is 15.7. The monoisotopic (exact) mass is 323 g/mol. The van der Waals surface area contributed by atoms with Crippen molar-refractivity contribution in [1.29, 1.82) is 0 Å². The van der Waals surface area contributed by atoms with E-state index in [0.717, 1.165) is 66.3 Å². The molecule has 0 saturated carbocycles. The van der Waals surface area contributed by atoms with Gasteiger partial charge in [-0.2, -0.15) is 0 Å². The average Bonchev–Trinajstić information content (AvgIpc) is 2.51. The van der Waals surface area contributed by atoms with E-state index in [4.69, 9.17) is 28.2 Å². The van der Waals surface area contributed by atoms with Gasteiger partial charge in [-0.1, -0.05) is 36.5 Å². The third-order valence-electron chi connectivity index (χ3n) is 3.86. The molecule has 0 unspecified atom stereocenters. The largest absolute Gasteiger partial charge is 0.368 e. The maximum atomic E-state index is 6.44. The fourth-order valence-electron chi connectivity index (χ4n) is 2.84. The third kappa shape index (κ3) is 2.96. The molecule has 112 valence electrons. The zero-order valence-electron chi connectivity index (χ0n) is 12.1. The molecule has 1 N–H and O–H groups in total. The Hall–Kier alpha value is -1.03. The molecular weight excluding hydrogens is 305 g/mol. The minimum Gasteiger partial charge on any atom is -0.368 e. The lowest BCUT2D eigenvalue weighted by Gasteiger charge is -2.31. The number of nitrogens with zero attached hydrogens (tertiary/aromatic N) is 2. The molecule has 0 spiro atoms. The van der Waals surface area contributed by atoms with Crippen LogP contribution in [0.15, 0.2) is 18.2 Å². The van der Waals surface area contributed by atoms with E-state index in [1.165, 1.54) is 0 Å². The molecule has 1 aliphatic heterocycles. The van der Waals surface area contributed by atoms with Gasteiger partial charge in [0.1, 0.15) is 0 Å². The van der Waals surface area contributed by atoms with Gasteiger partial charge in [0.2, 0.25) is 0 Å². The summed E-state index contributed by atoms with van der Waals surface area (Å²) in [6, 6.07) is 5.87. The highest BCUT2D eigenvalue weighted by atomic mass is 35.5. The van der Waals surface area contributed by atoms with E-state index in [1.54, 1.807) is 0 Å². The van der Waals surface area contributed by atoms with Crippen molar-refractivity contribution in [3.05, 3.63) is 33.9 Å². The number of fused-ring (bicyclic) bond motifs is 1. The molecule has 5 heteroatoms. The highest BCUT2D eigenvalue weighted by molar-refractivity contribution is 6.40. The Labute approximate surface area is 135 Å². The molecule has 1 aromatic carbocycles. The van der Waals surface area contributed by atoms with Crippen LogP contribution in [0.4, 0.5) is 5.69 Å². The Morgan fingerprint density at radius 1 is 1.19 bits per heavy atom. The highest BCUT2D eigenvalue weighted by Crippen LogP contribution is 2.36. The molecule has 0 bridgehead atoms. The van der Waals surface area contributed by atoms with Gasteiger partial charge in [0.15, 0.2) is 0 Å². The average molecular weight is 324 g/mol. The summed E-state index contributed by atoms with van der Waals surface area (Å²) in [5, 5.41) is 5.75. The Morgan fingerprint density at radius 2 is 1.90 bits per heavy atom. The number of rotatable bonds is 3. The lowest BCUT2D eigenvalue weighted by atomic mass is 10.1. The molecule has 1 fully saturated rings. The first-order chi connectivity index (χ1) is 10.2. The molecule has 3 nitrogen and oxygen atoms in total. The smallest absolute Gasteiger partial charge is 0.0927 e. The van der Waals surface area contributed by atoms with Gasteiger partial charge in [-0.05, 0) is 24.6 Å². The number of piperazine rings is 1. The zero-order valence-corrected chi connectivity index (χ0v) is 13.6. The van der Waals surface area contributed by atoms with Gasteiger partial charge >= 0.3 is 0 Å². The SMILES string of the molecule is CCCc1cc(N2CCNCC2)c2c(Cl)ccc(Cl)c2n1. The lowest BCUT2D eigenvalue weighted by Crippen LogP contribution is -2.43. The van der Waals surface area contributed by atoms with E-state index in [2.05, 4.69) is 23.2 Å². The number of anilines is 1. The first kappa shape index (κ1) is 14.9. The Kier molecular flexibility index (Phi) is 4.53. The summed E-state index contributed by atoms with van der Waals surface area (Å²) in [6.45, 7) is 6.10. The van der Waals surface area contributed by atoms with Crippen LogP contribution in [0.1, 0.15) is 19.0 Å². The van der Waals surface area contributed by atoms with Crippen LogP contribution >= 0.6 is 23.2 Å². The lowest BCUT2D eigenvalue weighted by molar-refractivity contribution is 0.590. The van der Waals surface area contributed by atoms with E-state index in [1.807, 2.05) is 12.1 Å². The van der Waals surface area contributed by atoms with Crippen LogP contribution in [0, 0.1) is 0 Å². The van der Waals surface area contributed by atoms with Crippen LogP contribution in [-0.2, 0) is 6.42 Å². The van der Waals surface area contributed by atoms with Crippen molar-refractivity contribution in [2.24, 2.45) is 0 Å². The van der Waals surface area contributed by atoms with Crippen molar-refractivity contribution >= 4 is 39.8 Å². The number of pyridine rings is 1. The molecule has 21 heavy (non-hydrogen) atoms. The minimum atomic E-state index is 0.670. The van der Waals surface area contributed by atoms with Gasteiger partial charge in [0, 0.05) is 42.9 Å². The van der Waals surface area contributed by atoms with Gasteiger partial charge in [0.05, 0.1) is 15.6 Å². The van der Waals surface area contributed by atoms with E-state index in [-0.39, 0.29) is 0 Å². The summed E-state index contributed by atoms with van der Waals surface area (Å²) in [6.07, 6.45) is 2.02. The quantitative estimate of drug-likeness (QED) is 0.928. The number of halogens is 2. The molecule has 1 aromatic heterocycles. The standard InChI is InChI=1S/C16H19Cl2N3/c1-2-3-11-10-14(21-8-6-19-7-9-21)15-12(17)4-5-13(18)16(15)20-11/h4-5,10,19H,2-3,6-9H2,1H3.